The fraction of sp³-hybridized carbons (Fsp3) is 0.517. The Hall–Kier alpha value is -3.55. The predicted octanol–water partition coefficient (Wildman–Crippen LogP) is 2.15. The van der Waals surface area contributed by atoms with Gasteiger partial charge in [-0.2, -0.15) is 14.3 Å². The van der Waals surface area contributed by atoms with Gasteiger partial charge in [0, 0.05) is 49.5 Å². The SMILES string of the molecule is CN(C)CC1(C)CCC(NC2=CC(N)(c3ccnc(-c4cnn(S(=O)(=O)C5CC5)c4)n3)NC=C2c2ccn(C)n2)CC1. The maximum Gasteiger partial charge on any atom is 0.256 e. The summed E-state index contributed by atoms with van der Waals surface area (Å²) >= 11 is 0. The molecule has 3 aliphatic rings. The molecule has 12 nitrogen and oxygen atoms in total. The zero-order valence-corrected chi connectivity index (χ0v) is 25.5. The lowest BCUT2D eigenvalue weighted by atomic mass is 9.73. The minimum absolute atomic E-state index is 0.307. The molecule has 2 aliphatic carbocycles. The highest BCUT2D eigenvalue weighted by molar-refractivity contribution is 7.90. The van der Waals surface area contributed by atoms with E-state index in [1.807, 2.05) is 31.6 Å². The fourth-order valence-electron chi connectivity index (χ4n) is 6.06. The van der Waals surface area contributed by atoms with E-state index in [9.17, 15) is 8.42 Å². The van der Waals surface area contributed by atoms with E-state index in [-0.39, 0.29) is 5.25 Å². The van der Waals surface area contributed by atoms with Gasteiger partial charge < -0.3 is 21.3 Å². The van der Waals surface area contributed by atoms with Crippen LogP contribution >= 0.6 is 0 Å². The normalized spacial score (nSPS) is 26.5. The number of hydrogen-bond acceptors (Lipinski definition) is 10. The van der Waals surface area contributed by atoms with Crippen molar-refractivity contribution in [1.82, 2.24) is 44.5 Å². The van der Waals surface area contributed by atoms with E-state index < -0.39 is 15.7 Å². The number of nitrogens with two attached hydrogens (primary N) is 1. The van der Waals surface area contributed by atoms with E-state index in [4.69, 9.17) is 10.7 Å². The molecule has 0 bridgehead atoms. The summed E-state index contributed by atoms with van der Waals surface area (Å²) in [6, 6.07) is 4.06. The van der Waals surface area contributed by atoms with Crippen molar-refractivity contribution < 1.29 is 8.42 Å². The molecular formula is C29H40N10O2S. The van der Waals surface area contributed by atoms with Crippen molar-refractivity contribution in [1.29, 1.82) is 0 Å². The molecule has 1 unspecified atom stereocenters. The van der Waals surface area contributed by atoms with E-state index in [2.05, 4.69) is 51.7 Å². The van der Waals surface area contributed by atoms with Crippen LogP contribution in [0.4, 0.5) is 0 Å². The van der Waals surface area contributed by atoms with Crippen LogP contribution in [0.1, 0.15) is 56.8 Å². The Kier molecular flexibility index (Phi) is 7.22. The third-order valence-electron chi connectivity index (χ3n) is 8.46. The van der Waals surface area contributed by atoms with Gasteiger partial charge >= 0.3 is 0 Å². The van der Waals surface area contributed by atoms with Gasteiger partial charge in [0.1, 0.15) is 0 Å². The molecule has 3 aromatic rings. The third kappa shape index (κ3) is 5.72. The van der Waals surface area contributed by atoms with Gasteiger partial charge in [0.05, 0.1) is 34.6 Å². The van der Waals surface area contributed by atoms with Crippen LogP contribution in [0.3, 0.4) is 0 Å². The number of aromatic nitrogens is 6. The van der Waals surface area contributed by atoms with Crippen LogP contribution in [-0.4, -0.2) is 74.2 Å². The second-order valence-electron chi connectivity index (χ2n) is 12.6. The highest BCUT2D eigenvalue weighted by Gasteiger charge is 2.38. The molecule has 0 aromatic carbocycles. The number of hydrogen-bond donors (Lipinski definition) is 3. The Morgan fingerprint density at radius 1 is 1.19 bits per heavy atom. The quantitative estimate of drug-likeness (QED) is 0.337. The summed E-state index contributed by atoms with van der Waals surface area (Å²) in [5.74, 6) is 0.353. The van der Waals surface area contributed by atoms with Crippen LogP contribution in [-0.2, 0) is 22.7 Å². The zero-order valence-electron chi connectivity index (χ0n) is 24.7. The van der Waals surface area contributed by atoms with Crippen LogP contribution in [0, 0.1) is 5.41 Å². The minimum atomic E-state index is -3.48. The van der Waals surface area contributed by atoms with Crippen molar-refractivity contribution in [3.05, 3.63) is 66.3 Å². The molecule has 4 N–H and O–H groups in total. The fourth-order valence-corrected chi connectivity index (χ4v) is 7.54. The Morgan fingerprint density at radius 2 is 1.95 bits per heavy atom. The largest absolute Gasteiger partial charge is 0.382 e. The lowest BCUT2D eigenvalue weighted by Crippen LogP contribution is -2.50. The molecule has 2 fully saturated rings. The first-order chi connectivity index (χ1) is 19.9. The Labute approximate surface area is 247 Å². The molecule has 224 valence electrons. The standard InChI is InChI=1S/C29H40N10O2S/c1-28(19-37(2)3)11-7-21(8-12-28)34-25-15-29(30,32-17-23(25)24-10-14-38(4)36-24)26-9-13-31-27(35-26)20-16-33-39(18-20)42(40,41)22-5-6-22/h9-10,13-18,21-22,32,34H,5-8,11-12,19,30H2,1-4H3. The Morgan fingerprint density at radius 3 is 2.62 bits per heavy atom. The maximum absolute atomic E-state index is 12.6. The molecule has 42 heavy (non-hydrogen) atoms. The van der Waals surface area contributed by atoms with Crippen molar-refractivity contribution >= 4 is 15.6 Å². The lowest BCUT2D eigenvalue weighted by molar-refractivity contribution is 0.140. The van der Waals surface area contributed by atoms with Gasteiger partial charge in [-0.25, -0.2) is 18.4 Å². The summed E-state index contributed by atoms with van der Waals surface area (Å²) in [5.41, 5.74) is 9.88. The van der Waals surface area contributed by atoms with E-state index in [1.165, 1.54) is 12.4 Å². The predicted molar refractivity (Wildman–Crippen MR) is 161 cm³/mol. The van der Waals surface area contributed by atoms with E-state index in [0.29, 0.717) is 41.4 Å². The van der Waals surface area contributed by atoms with E-state index in [1.54, 1.807) is 16.9 Å². The van der Waals surface area contributed by atoms with Crippen LogP contribution in [0.5, 0.6) is 0 Å². The van der Waals surface area contributed by atoms with Crippen LogP contribution in [0.15, 0.2) is 54.9 Å². The van der Waals surface area contributed by atoms with E-state index >= 15 is 0 Å². The summed E-state index contributed by atoms with van der Waals surface area (Å²) in [5, 5.41) is 15.5. The number of nitrogens with zero attached hydrogens (tertiary/aromatic N) is 7. The lowest BCUT2D eigenvalue weighted by Gasteiger charge is -2.40. The molecule has 13 heteroatoms. The minimum Gasteiger partial charge on any atom is -0.382 e. The number of allylic oxidation sites excluding steroid dienone is 1. The molecule has 3 aromatic heterocycles. The van der Waals surface area contributed by atoms with Gasteiger partial charge in [-0.3, -0.25) is 4.68 Å². The number of nitrogens with one attached hydrogen (secondary N) is 2. The average molecular weight is 593 g/mol. The summed E-state index contributed by atoms with van der Waals surface area (Å²) in [6.07, 6.45) is 16.1. The first-order valence-electron chi connectivity index (χ1n) is 14.5. The second kappa shape index (κ2) is 10.6. The monoisotopic (exact) mass is 592 g/mol. The molecular weight excluding hydrogens is 552 g/mol. The maximum atomic E-state index is 12.6. The summed E-state index contributed by atoms with van der Waals surface area (Å²) in [4.78, 5) is 11.4. The summed E-state index contributed by atoms with van der Waals surface area (Å²) in [7, 11) is 2.70. The van der Waals surface area contributed by atoms with Crippen molar-refractivity contribution in [2.45, 2.75) is 62.4 Å². The van der Waals surface area contributed by atoms with Gasteiger partial charge in [0.15, 0.2) is 11.5 Å². The van der Waals surface area contributed by atoms with Gasteiger partial charge in [0.25, 0.3) is 10.0 Å². The molecule has 1 atom stereocenters. The van der Waals surface area contributed by atoms with Crippen molar-refractivity contribution in [2.75, 3.05) is 20.6 Å². The van der Waals surface area contributed by atoms with Gasteiger partial charge in [-0.1, -0.05) is 6.92 Å². The van der Waals surface area contributed by atoms with E-state index in [0.717, 1.165) is 53.3 Å². The molecule has 0 saturated heterocycles. The highest BCUT2D eigenvalue weighted by atomic mass is 32.2. The van der Waals surface area contributed by atoms with Crippen molar-refractivity contribution in [2.24, 2.45) is 18.2 Å². The van der Waals surface area contributed by atoms with Gasteiger partial charge in [0.2, 0.25) is 0 Å². The first kappa shape index (κ1) is 28.6. The molecule has 0 radical (unpaired) electrons. The summed E-state index contributed by atoms with van der Waals surface area (Å²) < 4.78 is 28.1. The van der Waals surface area contributed by atoms with Crippen LogP contribution in [0.25, 0.3) is 17.0 Å². The van der Waals surface area contributed by atoms with Gasteiger partial charge in [-0.15, -0.1) is 0 Å². The Balaban J connectivity index is 1.27. The second-order valence-corrected chi connectivity index (χ2v) is 14.7. The number of rotatable bonds is 9. The number of aryl methyl sites for hydroxylation is 1. The van der Waals surface area contributed by atoms with Crippen LogP contribution in [0.2, 0.25) is 0 Å². The van der Waals surface area contributed by atoms with Crippen molar-refractivity contribution in [3.63, 3.8) is 0 Å². The molecule has 6 rings (SSSR count). The first-order valence-corrected chi connectivity index (χ1v) is 16.0. The topological polar surface area (TPSA) is 149 Å². The van der Waals surface area contributed by atoms with Crippen LogP contribution < -0.4 is 16.4 Å². The molecule has 2 saturated carbocycles. The smallest absolute Gasteiger partial charge is 0.256 e. The zero-order chi connectivity index (χ0) is 29.7. The summed E-state index contributed by atoms with van der Waals surface area (Å²) in [6.45, 7) is 3.47. The van der Waals surface area contributed by atoms with Crippen molar-refractivity contribution in [3.8, 4) is 11.4 Å². The molecule has 1 aliphatic heterocycles. The molecule has 0 spiro atoms. The molecule has 4 heterocycles. The average Bonchev–Trinajstić information content (AvgIpc) is 3.54. The third-order valence-corrected chi connectivity index (χ3v) is 10.5. The Bertz CT molecular complexity index is 1630. The highest BCUT2D eigenvalue weighted by Crippen LogP contribution is 2.38. The van der Waals surface area contributed by atoms with Gasteiger partial charge in [-0.05, 0) is 76.2 Å². The molecule has 0 amide bonds. The number of dihydropyridines is 1.